The zero-order chi connectivity index (χ0) is 24.5. The van der Waals surface area contributed by atoms with Gasteiger partial charge in [-0.1, -0.05) is 12.1 Å². The molecule has 0 unspecified atom stereocenters. The van der Waals surface area contributed by atoms with Crippen molar-refractivity contribution in [2.24, 2.45) is 0 Å². The molecular weight excluding hydrogens is 430 g/mol. The molecule has 180 valence electrons. The normalized spacial score (nSPS) is 15.0. The minimum Gasteiger partial charge on any atom is -0.394 e. The summed E-state index contributed by atoms with van der Waals surface area (Å²) in [6.07, 6.45) is 3.98. The summed E-state index contributed by atoms with van der Waals surface area (Å²) in [6.45, 7) is 8.82. The second-order valence-electron chi connectivity index (χ2n) is 9.85. The van der Waals surface area contributed by atoms with Crippen molar-refractivity contribution in [3.05, 3.63) is 74.8 Å². The second-order valence-corrected chi connectivity index (χ2v) is 9.85. The number of carbonyl (C=O) groups excluding carboxylic acids is 1. The number of nitrogens with zero attached hydrogens (tertiary/aromatic N) is 2. The molecule has 0 saturated carbocycles. The summed E-state index contributed by atoms with van der Waals surface area (Å²) in [6, 6.07) is 9.56. The average Bonchev–Trinajstić information content (AvgIpc) is 2.83. The van der Waals surface area contributed by atoms with E-state index in [0.29, 0.717) is 30.6 Å². The Bertz CT molecular complexity index is 1260. The van der Waals surface area contributed by atoms with Crippen LogP contribution in [-0.2, 0) is 11.2 Å². The molecule has 4 rings (SSSR count). The van der Waals surface area contributed by atoms with Crippen molar-refractivity contribution in [1.29, 1.82) is 0 Å². The summed E-state index contributed by atoms with van der Waals surface area (Å²) in [5.41, 5.74) is 4.88. The first kappa shape index (κ1) is 24.1. The first-order valence-electron chi connectivity index (χ1n) is 11.8. The van der Waals surface area contributed by atoms with Crippen molar-refractivity contribution in [2.45, 2.75) is 58.5 Å². The Hall–Kier alpha value is -3.03. The molecule has 0 atom stereocenters. The van der Waals surface area contributed by atoms with Gasteiger partial charge in [-0.15, -0.1) is 0 Å². The molecule has 0 aliphatic carbocycles. The first-order valence-corrected chi connectivity index (χ1v) is 11.8. The Morgan fingerprint density at radius 1 is 1.18 bits per heavy atom. The van der Waals surface area contributed by atoms with E-state index in [4.69, 9.17) is 4.74 Å². The number of hydrogen-bond acceptors (Lipinski definition) is 5. The maximum atomic E-state index is 13.4. The standard InChI is InChI=1S/C27H33N3O4/c1-17-18(2)24-23(26(33)30(16-28-24)22-9-11-34-12-10-22)14-21(17)13-19-5-7-20(8-6-19)25(32)29-27(3,4)15-31/h5-8,14,16,22,31H,9-13,15H2,1-4H3,(H,29,32). The van der Waals surface area contributed by atoms with Gasteiger partial charge in [0.25, 0.3) is 11.5 Å². The van der Waals surface area contributed by atoms with E-state index in [2.05, 4.69) is 17.2 Å². The van der Waals surface area contributed by atoms with Gasteiger partial charge in [0.05, 0.1) is 29.4 Å². The van der Waals surface area contributed by atoms with E-state index in [1.54, 1.807) is 36.9 Å². The highest BCUT2D eigenvalue weighted by Gasteiger charge is 2.21. The van der Waals surface area contributed by atoms with Crippen LogP contribution in [0.2, 0.25) is 0 Å². The van der Waals surface area contributed by atoms with Crippen LogP contribution in [0, 0.1) is 13.8 Å². The molecule has 2 aromatic carbocycles. The SMILES string of the molecule is Cc1c(Cc2ccc(C(=O)NC(C)(C)CO)cc2)cc2c(=O)n(C3CCOCC3)cnc2c1C. The molecule has 0 bridgehead atoms. The van der Waals surface area contributed by atoms with Gasteiger partial charge < -0.3 is 15.2 Å². The highest BCUT2D eigenvalue weighted by Crippen LogP contribution is 2.25. The number of aromatic nitrogens is 2. The lowest BCUT2D eigenvalue weighted by Crippen LogP contribution is -2.46. The molecule has 2 N–H and O–H groups in total. The molecule has 3 aromatic rings. The molecule has 1 saturated heterocycles. The summed E-state index contributed by atoms with van der Waals surface area (Å²) >= 11 is 0. The van der Waals surface area contributed by atoms with Crippen molar-refractivity contribution in [1.82, 2.24) is 14.9 Å². The topological polar surface area (TPSA) is 93.5 Å². The third kappa shape index (κ3) is 4.91. The molecule has 1 aliphatic rings. The summed E-state index contributed by atoms with van der Waals surface area (Å²) in [5, 5.41) is 12.9. The molecule has 1 aromatic heterocycles. The molecule has 0 radical (unpaired) electrons. The van der Waals surface area contributed by atoms with Crippen LogP contribution in [0.1, 0.15) is 65.3 Å². The van der Waals surface area contributed by atoms with Crippen LogP contribution < -0.4 is 10.9 Å². The number of aliphatic hydroxyl groups excluding tert-OH is 1. The van der Waals surface area contributed by atoms with E-state index < -0.39 is 5.54 Å². The van der Waals surface area contributed by atoms with Gasteiger partial charge in [0.15, 0.2) is 0 Å². The van der Waals surface area contributed by atoms with Crippen molar-refractivity contribution in [3.8, 4) is 0 Å². The largest absolute Gasteiger partial charge is 0.394 e. The molecular formula is C27H33N3O4. The number of aryl methyl sites for hydroxylation is 1. The molecule has 1 aliphatic heterocycles. The number of carbonyl (C=O) groups is 1. The van der Waals surface area contributed by atoms with Gasteiger partial charge >= 0.3 is 0 Å². The highest BCUT2D eigenvalue weighted by molar-refractivity contribution is 5.94. The van der Waals surface area contributed by atoms with E-state index in [1.165, 1.54) is 0 Å². The fraction of sp³-hybridized carbons (Fsp3) is 0.444. The first-order chi connectivity index (χ1) is 16.2. The molecule has 34 heavy (non-hydrogen) atoms. The van der Waals surface area contributed by atoms with Gasteiger partial charge in [-0.25, -0.2) is 4.98 Å². The molecule has 7 nitrogen and oxygen atoms in total. The zero-order valence-electron chi connectivity index (χ0n) is 20.4. The van der Waals surface area contributed by atoms with Crippen molar-refractivity contribution in [3.63, 3.8) is 0 Å². The predicted molar refractivity (Wildman–Crippen MR) is 132 cm³/mol. The Morgan fingerprint density at radius 2 is 1.85 bits per heavy atom. The summed E-state index contributed by atoms with van der Waals surface area (Å²) < 4.78 is 7.22. The maximum Gasteiger partial charge on any atom is 0.261 e. The van der Waals surface area contributed by atoms with Gasteiger partial charge in [-0.2, -0.15) is 0 Å². The van der Waals surface area contributed by atoms with Gasteiger partial charge in [0.1, 0.15) is 0 Å². The fourth-order valence-electron chi connectivity index (χ4n) is 4.43. The van der Waals surface area contributed by atoms with Crippen LogP contribution in [-0.4, -0.2) is 45.9 Å². The fourth-order valence-corrected chi connectivity index (χ4v) is 4.43. The highest BCUT2D eigenvalue weighted by atomic mass is 16.5. The Morgan fingerprint density at radius 3 is 2.50 bits per heavy atom. The van der Waals surface area contributed by atoms with Gasteiger partial charge in [-0.05, 0) is 87.4 Å². The molecule has 1 amide bonds. The quantitative estimate of drug-likeness (QED) is 0.584. The van der Waals surface area contributed by atoms with Crippen LogP contribution in [0.4, 0.5) is 0 Å². The maximum absolute atomic E-state index is 13.4. The molecule has 2 heterocycles. The summed E-state index contributed by atoms with van der Waals surface area (Å²) in [4.78, 5) is 30.5. The summed E-state index contributed by atoms with van der Waals surface area (Å²) in [5.74, 6) is -0.219. The number of benzene rings is 2. The Labute approximate surface area is 199 Å². The number of nitrogens with one attached hydrogen (secondary N) is 1. The van der Waals surface area contributed by atoms with E-state index in [0.717, 1.165) is 40.6 Å². The molecule has 0 spiro atoms. The second kappa shape index (κ2) is 9.68. The van der Waals surface area contributed by atoms with Crippen LogP contribution in [0.5, 0.6) is 0 Å². The van der Waals surface area contributed by atoms with E-state index >= 15 is 0 Å². The van der Waals surface area contributed by atoms with E-state index in [9.17, 15) is 14.7 Å². The lowest BCUT2D eigenvalue weighted by Gasteiger charge is -2.24. The minimum absolute atomic E-state index is 0.000216. The van der Waals surface area contributed by atoms with Crippen LogP contribution in [0.3, 0.4) is 0 Å². The Kier molecular flexibility index (Phi) is 6.86. The van der Waals surface area contributed by atoms with Crippen molar-refractivity contribution < 1.29 is 14.6 Å². The predicted octanol–water partition coefficient (Wildman–Crippen LogP) is 3.46. The third-order valence-electron chi connectivity index (χ3n) is 6.79. The molecule has 1 fully saturated rings. The lowest BCUT2D eigenvalue weighted by atomic mass is 9.94. The summed E-state index contributed by atoms with van der Waals surface area (Å²) in [7, 11) is 0. The number of fused-ring (bicyclic) bond motifs is 1. The van der Waals surface area contributed by atoms with Crippen molar-refractivity contribution >= 4 is 16.8 Å². The van der Waals surface area contributed by atoms with E-state index in [-0.39, 0.29) is 24.1 Å². The average molecular weight is 464 g/mol. The van der Waals surface area contributed by atoms with Gasteiger partial charge in [0.2, 0.25) is 0 Å². The number of amides is 1. The van der Waals surface area contributed by atoms with E-state index in [1.807, 2.05) is 25.1 Å². The molecule has 7 heteroatoms. The van der Waals surface area contributed by atoms with Crippen LogP contribution in [0.25, 0.3) is 10.9 Å². The van der Waals surface area contributed by atoms with Crippen LogP contribution >= 0.6 is 0 Å². The monoisotopic (exact) mass is 463 g/mol. The van der Waals surface area contributed by atoms with Crippen molar-refractivity contribution in [2.75, 3.05) is 19.8 Å². The number of rotatable bonds is 6. The smallest absolute Gasteiger partial charge is 0.261 e. The minimum atomic E-state index is -0.679. The zero-order valence-corrected chi connectivity index (χ0v) is 20.4. The number of aliphatic hydroxyl groups is 1. The Balaban J connectivity index is 1.62. The number of ether oxygens (including phenoxy) is 1. The third-order valence-corrected chi connectivity index (χ3v) is 6.79. The van der Waals surface area contributed by atoms with Gasteiger partial charge in [0, 0.05) is 24.8 Å². The number of hydrogen-bond donors (Lipinski definition) is 2. The van der Waals surface area contributed by atoms with Gasteiger partial charge in [-0.3, -0.25) is 14.2 Å². The van der Waals surface area contributed by atoms with Crippen LogP contribution in [0.15, 0.2) is 41.5 Å². The lowest BCUT2D eigenvalue weighted by molar-refractivity contribution is 0.0685.